The van der Waals surface area contributed by atoms with Gasteiger partial charge in [-0.15, -0.1) is 0 Å². The highest BCUT2D eigenvalue weighted by Crippen LogP contribution is 2.58. The van der Waals surface area contributed by atoms with E-state index in [0.29, 0.717) is 23.5 Å². The number of halogens is 1. The fraction of sp³-hybridized carbons (Fsp3) is 0.353. The molecule has 0 N–H and O–H groups in total. The van der Waals surface area contributed by atoms with Gasteiger partial charge in [0.25, 0.3) is 0 Å². The molecule has 2 aliphatic carbocycles. The summed E-state index contributed by atoms with van der Waals surface area (Å²) < 4.78 is 1.07. The van der Waals surface area contributed by atoms with Crippen LogP contribution in [0, 0.1) is 17.8 Å². The molecule has 0 amide bonds. The molecule has 0 aromatic heterocycles. The van der Waals surface area contributed by atoms with Gasteiger partial charge in [0.15, 0.2) is 5.78 Å². The van der Waals surface area contributed by atoms with E-state index in [9.17, 15) is 4.79 Å². The SMILES string of the molecule is O=C(c1ccc(Br)c2ccccc12)C1C2CCCC21. The zero-order chi connectivity index (χ0) is 13.0. The Morgan fingerprint density at radius 3 is 2.42 bits per heavy atom. The monoisotopic (exact) mass is 314 g/mol. The lowest BCUT2D eigenvalue weighted by Crippen LogP contribution is -2.07. The average Bonchev–Trinajstić information content (AvgIpc) is 2.92. The predicted octanol–water partition coefficient (Wildman–Crippen LogP) is 4.83. The molecule has 0 bridgehead atoms. The third kappa shape index (κ3) is 1.69. The number of hydrogen-bond donors (Lipinski definition) is 0. The van der Waals surface area contributed by atoms with Crippen molar-refractivity contribution in [2.24, 2.45) is 17.8 Å². The maximum Gasteiger partial charge on any atom is 0.167 e. The lowest BCUT2D eigenvalue weighted by atomic mass is 9.96. The second-order valence-electron chi connectivity index (χ2n) is 5.79. The number of carbonyl (C=O) groups excluding carboxylic acids is 1. The number of fused-ring (bicyclic) bond motifs is 2. The summed E-state index contributed by atoms with van der Waals surface area (Å²) in [6.45, 7) is 0. The lowest BCUT2D eigenvalue weighted by molar-refractivity contribution is 0.0953. The summed E-state index contributed by atoms with van der Waals surface area (Å²) >= 11 is 3.57. The zero-order valence-corrected chi connectivity index (χ0v) is 12.2. The summed E-state index contributed by atoms with van der Waals surface area (Å²) in [6.07, 6.45) is 3.84. The number of Topliss-reactive ketones (excluding diaryl/α,β-unsaturated/α-hetero) is 1. The molecule has 1 nitrogen and oxygen atoms in total. The molecule has 2 aromatic rings. The van der Waals surface area contributed by atoms with E-state index in [1.54, 1.807) is 0 Å². The quantitative estimate of drug-likeness (QED) is 0.725. The Kier molecular flexibility index (Phi) is 2.56. The molecule has 0 heterocycles. The van der Waals surface area contributed by atoms with Crippen molar-refractivity contribution in [3.8, 4) is 0 Å². The normalized spacial score (nSPS) is 28.4. The second kappa shape index (κ2) is 4.17. The fourth-order valence-corrected chi connectivity index (χ4v) is 4.35. The first-order chi connectivity index (χ1) is 9.27. The van der Waals surface area contributed by atoms with Gasteiger partial charge in [0, 0.05) is 16.0 Å². The summed E-state index contributed by atoms with van der Waals surface area (Å²) in [5, 5.41) is 2.23. The van der Waals surface area contributed by atoms with Gasteiger partial charge in [0.1, 0.15) is 0 Å². The van der Waals surface area contributed by atoms with E-state index in [2.05, 4.69) is 28.1 Å². The number of carbonyl (C=O) groups is 1. The van der Waals surface area contributed by atoms with Gasteiger partial charge in [-0.05, 0) is 47.6 Å². The minimum atomic E-state index is 0.318. The molecule has 4 rings (SSSR count). The van der Waals surface area contributed by atoms with E-state index in [-0.39, 0.29) is 0 Å². The van der Waals surface area contributed by atoms with Gasteiger partial charge >= 0.3 is 0 Å². The van der Waals surface area contributed by atoms with Gasteiger partial charge in [-0.25, -0.2) is 0 Å². The van der Waals surface area contributed by atoms with Crippen LogP contribution in [0.25, 0.3) is 10.8 Å². The Bertz CT molecular complexity index is 666. The highest BCUT2D eigenvalue weighted by Gasteiger charge is 2.56. The van der Waals surface area contributed by atoms with Crippen molar-refractivity contribution < 1.29 is 4.79 Å². The molecule has 2 aromatic carbocycles. The van der Waals surface area contributed by atoms with E-state index in [1.165, 1.54) is 19.3 Å². The van der Waals surface area contributed by atoms with E-state index in [0.717, 1.165) is 20.8 Å². The van der Waals surface area contributed by atoms with E-state index < -0.39 is 0 Å². The summed E-state index contributed by atoms with van der Waals surface area (Å²) in [7, 11) is 0. The van der Waals surface area contributed by atoms with Crippen molar-refractivity contribution in [1.29, 1.82) is 0 Å². The van der Waals surface area contributed by atoms with Crippen LogP contribution in [0.15, 0.2) is 40.9 Å². The van der Waals surface area contributed by atoms with E-state index in [1.807, 2.05) is 24.3 Å². The molecule has 2 unspecified atom stereocenters. The molecular formula is C17H15BrO. The zero-order valence-electron chi connectivity index (χ0n) is 10.6. The molecule has 0 radical (unpaired) electrons. The lowest BCUT2D eigenvalue weighted by Gasteiger charge is -2.08. The maximum absolute atomic E-state index is 12.7. The van der Waals surface area contributed by atoms with Gasteiger partial charge in [0.05, 0.1) is 0 Å². The number of hydrogen-bond acceptors (Lipinski definition) is 1. The average molecular weight is 315 g/mol. The highest BCUT2D eigenvalue weighted by atomic mass is 79.9. The maximum atomic E-state index is 12.7. The van der Waals surface area contributed by atoms with E-state index >= 15 is 0 Å². The van der Waals surface area contributed by atoms with Crippen LogP contribution >= 0.6 is 15.9 Å². The van der Waals surface area contributed by atoms with Crippen molar-refractivity contribution >= 4 is 32.5 Å². The summed E-state index contributed by atoms with van der Waals surface area (Å²) in [4.78, 5) is 12.7. The largest absolute Gasteiger partial charge is 0.294 e. The summed E-state index contributed by atoms with van der Waals surface area (Å²) in [5.41, 5.74) is 0.915. The van der Waals surface area contributed by atoms with Gasteiger partial charge in [0.2, 0.25) is 0 Å². The van der Waals surface area contributed by atoms with E-state index in [4.69, 9.17) is 0 Å². The molecule has 2 atom stereocenters. The number of ketones is 1. The van der Waals surface area contributed by atoms with Crippen LogP contribution in [0.2, 0.25) is 0 Å². The van der Waals surface area contributed by atoms with Crippen molar-refractivity contribution in [3.63, 3.8) is 0 Å². The summed E-state index contributed by atoms with van der Waals surface area (Å²) in [6, 6.07) is 12.2. The number of benzene rings is 2. The third-order valence-electron chi connectivity index (χ3n) is 4.85. The first kappa shape index (κ1) is 11.7. The van der Waals surface area contributed by atoms with Crippen LogP contribution in [0.4, 0.5) is 0 Å². The van der Waals surface area contributed by atoms with Crippen molar-refractivity contribution in [3.05, 3.63) is 46.4 Å². The smallest absolute Gasteiger partial charge is 0.167 e. The van der Waals surface area contributed by atoms with Crippen molar-refractivity contribution in [2.75, 3.05) is 0 Å². The molecule has 96 valence electrons. The Morgan fingerprint density at radius 1 is 1.00 bits per heavy atom. The Morgan fingerprint density at radius 2 is 1.68 bits per heavy atom. The molecule has 0 aliphatic heterocycles. The fourth-order valence-electron chi connectivity index (χ4n) is 3.87. The van der Waals surface area contributed by atoms with Gasteiger partial charge in [-0.2, -0.15) is 0 Å². The van der Waals surface area contributed by atoms with Gasteiger partial charge < -0.3 is 0 Å². The second-order valence-corrected chi connectivity index (χ2v) is 6.64. The minimum Gasteiger partial charge on any atom is -0.294 e. The van der Waals surface area contributed by atoms with Crippen LogP contribution in [0.5, 0.6) is 0 Å². The van der Waals surface area contributed by atoms with Crippen molar-refractivity contribution in [1.82, 2.24) is 0 Å². The highest BCUT2D eigenvalue weighted by molar-refractivity contribution is 9.10. The van der Waals surface area contributed by atoms with Crippen LogP contribution in [0.1, 0.15) is 29.6 Å². The Balaban J connectivity index is 1.79. The predicted molar refractivity (Wildman–Crippen MR) is 80.3 cm³/mol. The molecule has 19 heavy (non-hydrogen) atoms. The Labute approximate surface area is 121 Å². The van der Waals surface area contributed by atoms with Crippen LogP contribution < -0.4 is 0 Å². The van der Waals surface area contributed by atoms with Gasteiger partial charge in [-0.3, -0.25) is 4.79 Å². The van der Waals surface area contributed by atoms with Gasteiger partial charge in [-0.1, -0.05) is 46.6 Å². The molecule has 2 heteroatoms. The molecule has 2 saturated carbocycles. The number of rotatable bonds is 2. The first-order valence-electron chi connectivity index (χ1n) is 6.99. The topological polar surface area (TPSA) is 17.1 Å². The molecule has 2 fully saturated rings. The molecule has 0 saturated heterocycles. The third-order valence-corrected chi connectivity index (χ3v) is 5.54. The molecular weight excluding hydrogens is 300 g/mol. The van der Waals surface area contributed by atoms with Crippen LogP contribution in [0.3, 0.4) is 0 Å². The van der Waals surface area contributed by atoms with Crippen LogP contribution in [-0.4, -0.2) is 5.78 Å². The Hall–Kier alpha value is -1.15. The minimum absolute atomic E-state index is 0.318. The van der Waals surface area contributed by atoms with Crippen molar-refractivity contribution in [2.45, 2.75) is 19.3 Å². The summed E-state index contributed by atoms with van der Waals surface area (Å²) in [5.74, 6) is 2.07. The molecule has 2 aliphatic rings. The van der Waals surface area contributed by atoms with Crippen LogP contribution in [-0.2, 0) is 0 Å². The molecule has 0 spiro atoms. The standard InChI is InChI=1S/C17H15BrO/c18-15-9-8-14(10-4-1-2-5-11(10)15)17(19)16-12-6-3-7-13(12)16/h1-2,4-5,8-9,12-13,16H,3,6-7H2. The first-order valence-corrected chi connectivity index (χ1v) is 7.78.